The Kier molecular flexibility index (Phi) is 3.30. The number of aliphatic hydroxyl groups excluding tert-OH is 1. The lowest BCUT2D eigenvalue weighted by molar-refractivity contribution is -0.210. The lowest BCUT2D eigenvalue weighted by atomic mass is 10.0. The first kappa shape index (κ1) is 12.6. The molecule has 0 fully saturated rings. The van der Waals surface area contributed by atoms with Gasteiger partial charge in [-0.05, 0) is 17.7 Å². The summed E-state index contributed by atoms with van der Waals surface area (Å²) in [6.07, 6.45) is -7.62. The highest BCUT2D eigenvalue weighted by atomic mass is 19.4. The van der Waals surface area contributed by atoms with Crippen LogP contribution in [-0.2, 0) is 0 Å². The van der Waals surface area contributed by atoms with Crippen molar-refractivity contribution in [3.8, 4) is 11.5 Å². The lowest BCUT2D eigenvalue weighted by Gasteiger charge is -2.21. The highest BCUT2D eigenvalue weighted by Gasteiger charge is 2.42. The minimum Gasteiger partial charge on any atom is -0.508 e. The van der Waals surface area contributed by atoms with Gasteiger partial charge in [-0.25, -0.2) is 0 Å². The average Bonchev–Trinajstić information content (AvgIpc) is 2.12. The van der Waals surface area contributed by atoms with Crippen molar-refractivity contribution in [2.24, 2.45) is 5.73 Å². The van der Waals surface area contributed by atoms with Gasteiger partial charge in [-0.15, -0.1) is 0 Å². The van der Waals surface area contributed by atoms with Gasteiger partial charge in [0.15, 0.2) is 6.10 Å². The zero-order valence-corrected chi connectivity index (χ0v) is 7.94. The molecule has 0 saturated carbocycles. The number of phenolic OH excluding ortho intramolecular Hbond substituents is 2. The van der Waals surface area contributed by atoms with Crippen molar-refractivity contribution in [2.45, 2.75) is 18.3 Å². The number of alkyl halides is 3. The van der Waals surface area contributed by atoms with E-state index in [1.807, 2.05) is 0 Å². The quantitative estimate of drug-likeness (QED) is 0.618. The van der Waals surface area contributed by atoms with Crippen LogP contribution in [0, 0.1) is 0 Å². The predicted molar refractivity (Wildman–Crippen MR) is 48.8 cm³/mol. The lowest BCUT2D eigenvalue weighted by Crippen LogP contribution is -2.38. The van der Waals surface area contributed by atoms with Crippen molar-refractivity contribution in [3.05, 3.63) is 23.8 Å². The summed E-state index contributed by atoms with van der Waals surface area (Å²) in [4.78, 5) is 0. The van der Waals surface area contributed by atoms with Gasteiger partial charge in [0, 0.05) is 6.07 Å². The fraction of sp³-hybridized carbons (Fsp3) is 0.333. The van der Waals surface area contributed by atoms with Crippen molar-refractivity contribution in [2.75, 3.05) is 0 Å². The van der Waals surface area contributed by atoms with E-state index in [4.69, 9.17) is 21.1 Å². The second kappa shape index (κ2) is 4.18. The first-order valence-electron chi connectivity index (χ1n) is 4.25. The smallest absolute Gasteiger partial charge is 0.416 e. The highest BCUT2D eigenvalue weighted by Crippen LogP contribution is 2.31. The number of aromatic hydroxyl groups is 2. The van der Waals surface area contributed by atoms with Gasteiger partial charge >= 0.3 is 6.18 Å². The molecule has 1 aromatic carbocycles. The van der Waals surface area contributed by atoms with Crippen LogP contribution in [0.25, 0.3) is 0 Å². The second-order valence-electron chi connectivity index (χ2n) is 3.29. The monoisotopic (exact) mass is 237 g/mol. The third-order valence-corrected chi connectivity index (χ3v) is 1.99. The van der Waals surface area contributed by atoms with Crippen LogP contribution < -0.4 is 5.73 Å². The number of phenols is 2. The average molecular weight is 237 g/mol. The summed E-state index contributed by atoms with van der Waals surface area (Å²) >= 11 is 0. The molecule has 5 N–H and O–H groups in total. The van der Waals surface area contributed by atoms with E-state index in [2.05, 4.69) is 0 Å². The Labute approximate surface area is 88.7 Å². The van der Waals surface area contributed by atoms with Gasteiger partial charge in [0.2, 0.25) is 0 Å². The summed E-state index contributed by atoms with van der Waals surface area (Å²) in [5.41, 5.74) is 4.96. The summed E-state index contributed by atoms with van der Waals surface area (Å²) in [7, 11) is 0. The number of aliphatic hydroxyl groups is 1. The molecule has 4 nitrogen and oxygen atoms in total. The molecular weight excluding hydrogens is 227 g/mol. The standard InChI is InChI=1S/C9H10F3NO3/c10-9(11,12)8(16)7(13)4-1-5(14)3-6(15)2-4/h1-3,7-8,14-16H,13H2/t7-,8-/m0/s1. The van der Waals surface area contributed by atoms with Gasteiger partial charge in [0.25, 0.3) is 0 Å². The Balaban J connectivity index is 3.00. The maximum absolute atomic E-state index is 12.1. The van der Waals surface area contributed by atoms with Gasteiger partial charge in [0.05, 0.1) is 6.04 Å². The Bertz CT molecular complexity index is 361. The van der Waals surface area contributed by atoms with E-state index in [1.54, 1.807) is 0 Å². The summed E-state index contributed by atoms with van der Waals surface area (Å²) in [5, 5.41) is 27.0. The molecule has 0 spiro atoms. The van der Waals surface area contributed by atoms with Gasteiger partial charge in [-0.1, -0.05) is 0 Å². The van der Waals surface area contributed by atoms with Crippen molar-refractivity contribution in [1.29, 1.82) is 0 Å². The van der Waals surface area contributed by atoms with Crippen molar-refractivity contribution in [3.63, 3.8) is 0 Å². The van der Waals surface area contributed by atoms with Crippen LogP contribution >= 0.6 is 0 Å². The Morgan fingerprint density at radius 1 is 1.06 bits per heavy atom. The van der Waals surface area contributed by atoms with Crippen LogP contribution in [0.1, 0.15) is 11.6 Å². The van der Waals surface area contributed by atoms with E-state index in [0.29, 0.717) is 0 Å². The van der Waals surface area contributed by atoms with E-state index < -0.39 is 29.8 Å². The molecule has 16 heavy (non-hydrogen) atoms. The SMILES string of the molecule is N[C@@H](c1cc(O)cc(O)c1)[C@H](O)C(F)(F)F. The summed E-state index contributed by atoms with van der Waals surface area (Å²) in [6.45, 7) is 0. The molecule has 0 aromatic heterocycles. The normalized spacial score (nSPS) is 15.8. The third-order valence-electron chi connectivity index (χ3n) is 1.99. The molecule has 0 saturated heterocycles. The summed E-state index contributed by atoms with van der Waals surface area (Å²) < 4.78 is 36.4. The molecule has 0 aliphatic carbocycles. The zero-order valence-electron chi connectivity index (χ0n) is 7.94. The van der Waals surface area contributed by atoms with Crippen LogP contribution in [0.4, 0.5) is 13.2 Å². The Morgan fingerprint density at radius 2 is 1.50 bits per heavy atom. The molecule has 0 bridgehead atoms. The highest BCUT2D eigenvalue weighted by molar-refractivity contribution is 5.38. The summed E-state index contributed by atoms with van der Waals surface area (Å²) in [6, 6.07) is 1.06. The van der Waals surface area contributed by atoms with E-state index in [0.717, 1.165) is 18.2 Å². The molecule has 0 heterocycles. The molecule has 0 aliphatic heterocycles. The van der Waals surface area contributed by atoms with E-state index in [9.17, 15) is 13.2 Å². The van der Waals surface area contributed by atoms with Gasteiger partial charge in [-0.3, -0.25) is 0 Å². The minimum atomic E-state index is -4.86. The third kappa shape index (κ3) is 2.77. The van der Waals surface area contributed by atoms with E-state index in [1.165, 1.54) is 0 Å². The van der Waals surface area contributed by atoms with Crippen molar-refractivity contribution < 1.29 is 28.5 Å². The maximum atomic E-state index is 12.1. The first-order valence-corrected chi connectivity index (χ1v) is 4.25. The van der Waals surface area contributed by atoms with E-state index in [-0.39, 0.29) is 5.56 Å². The topological polar surface area (TPSA) is 86.7 Å². The molecule has 0 radical (unpaired) electrons. The largest absolute Gasteiger partial charge is 0.508 e. The molecular formula is C9H10F3NO3. The van der Waals surface area contributed by atoms with Gasteiger partial charge < -0.3 is 21.1 Å². The van der Waals surface area contributed by atoms with Crippen molar-refractivity contribution >= 4 is 0 Å². The van der Waals surface area contributed by atoms with Crippen LogP contribution in [0.2, 0.25) is 0 Å². The summed E-state index contributed by atoms with van der Waals surface area (Å²) in [5.74, 6) is -0.861. The molecule has 0 unspecified atom stereocenters. The van der Waals surface area contributed by atoms with Crippen LogP contribution in [-0.4, -0.2) is 27.6 Å². The number of halogens is 3. The fourth-order valence-electron chi connectivity index (χ4n) is 1.20. The zero-order chi connectivity index (χ0) is 12.5. The molecule has 2 atom stereocenters. The van der Waals surface area contributed by atoms with E-state index >= 15 is 0 Å². The predicted octanol–water partition coefficient (Wildman–Crippen LogP) is 1.02. The molecule has 1 rings (SSSR count). The number of hydrogen-bond donors (Lipinski definition) is 4. The molecule has 1 aromatic rings. The van der Waals surface area contributed by atoms with Crippen molar-refractivity contribution in [1.82, 2.24) is 0 Å². The van der Waals surface area contributed by atoms with Crippen LogP contribution in [0.5, 0.6) is 11.5 Å². The molecule has 7 heteroatoms. The maximum Gasteiger partial charge on any atom is 0.416 e. The van der Waals surface area contributed by atoms with Gasteiger partial charge in [0.1, 0.15) is 11.5 Å². The number of hydrogen-bond acceptors (Lipinski definition) is 4. The number of rotatable bonds is 2. The molecule has 90 valence electrons. The number of benzene rings is 1. The Hall–Kier alpha value is -1.47. The number of nitrogens with two attached hydrogens (primary N) is 1. The fourth-order valence-corrected chi connectivity index (χ4v) is 1.20. The van der Waals surface area contributed by atoms with Crippen LogP contribution in [0.3, 0.4) is 0 Å². The Morgan fingerprint density at radius 3 is 1.88 bits per heavy atom. The molecule has 0 amide bonds. The van der Waals surface area contributed by atoms with Crippen LogP contribution in [0.15, 0.2) is 18.2 Å². The minimum absolute atomic E-state index is 0.206. The van der Waals surface area contributed by atoms with Gasteiger partial charge in [-0.2, -0.15) is 13.2 Å². The molecule has 0 aliphatic rings. The first-order chi connectivity index (χ1) is 7.21. The second-order valence-corrected chi connectivity index (χ2v) is 3.29.